The summed E-state index contributed by atoms with van der Waals surface area (Å²) < 4.78 is 9.82. The van der Waals surface area contributed by atoms with E-state index in [0.717, 1.165) is 0 Å². The Hall–Kier alpha value is -1.51. The molecule has 0 fully saturated rings. The maximum atomic E-state index is 11.2. The quantitative estimate of drug-likeness (QED) is 0.662. The normalized spacial score (nSPS) is 9.38. The summed E-state index contributed by atoms with van der Waals surface area (Å²) in [5.41, 5.74) is 0.433. The summed E-state index contributed by atoms with van der Waals surface area (Å²) in [6.45, 7) is 2.37. The van der Waals surface area contributed by atoms with Crippen molar-refractivity contribution in [1.29, 1.82) is 0 Å². The van der Waals surface area contributed by atoms with Crippen LogP contribution < -0.4 is 4.74 Å². The minimum atomic E-state index is -0.391. The lowest BCUT2D eigenvalue weighted by Crippen LogP contribution is -2.05. The van der Waals surface area contributed by atoms with Crippen molar-refractivity contribution in [1.82, 2.24) is 0 Å². The molecule has 0 aromatic heterocycles. The van der Waals surface area contributed by atoms with Crippen LogP contribution in [-0.2, 0) is 4.74 Å². The summed E-state index contributed by atoms with van der Waals surface area (Å²) in [4.78, 5) is 11.2. The van der Waals surface area contributed by atoms with Gasteiger partial charge in [0.1, 0.15) is 11.3 Å². The lowest BCUT2D eigenvalue weighted by molar-refractivity contribution is 0.0596. The van der Waals surface area contributed by atoms with Crippen LogP contribution in [-0.4, -0.2) is 19.7 Å². The van der Waals surface area contributed by atoms with Crippen LogP contribution in [0.3, 0.4) is 0 Å². The Labute approximate surface area is 77.3 Å². The smallest absolute Gasteiger partial charge is 0.341 e. The zero-order valence-electron chi connectivity index (χ0n) is 7.66. The molecule has 0 aliphatic rings. The van der Waals surface area contributed by atoms with Gasteiger partial charge in [-0.05, 0) is 25.1 Å². The predicted molar refractivity (Wildman–Crippen MR) is 47.8 cm³/mol. The molecule has 0 saturated heterocycles. The molecule has 1 aromatic rings. The third-order valence-electron chi connectivity index (χ3n) is 1.53. The van der Waals surface area contributed by atoms with Crippen LogP contribution >= 0.6 is 0 Å². The second-order valence-electron chi connectivity index (χ2n) is 2.35. The van der Waals surface area contributed by atoms with Crippen molar-refractivity contribution in [3.63, 3.8) is 0 Å². The molecule has 0 saturated carbocycles. The Morgan fingerprint density at radius 1 is 1.62 bits per heavy atom. The standard InChI is InChI=1S/C10H11O3/c1-3-13-9-7-5-4-6-8(9)10(11)12-2/h4,6-7H,3H2,1-2H3. The minimum absolute atomic E-state index is 0.391. The van der Waals surface area contributed by atoms with Gasteiger partial charge >= 0.3 is 5.97 Å². The molecule has 3 heteroatoms. The van der Waals surface area contributed by atoms with Gasteiger partial charge in [0.2, 0.25) is 0 Å². The van der Waals surface area contributed by atoms with Crippen LogP contribution in [0.2, 0.25) is 0 Å². The molecule has 0 spiro atoms. The minimum Gasteiger partial charge on any atom is -0.493 e. The van der Waals surface area contributed by atoms with Crippen molar-refractivity contribution in [3.8, 4) is 5.75 Å². The molecule has 0 amide bonds. The zero-order chi connectivity index (χ0) is 9.68. The number of methoxy groups -OCH3 is 1. The SMILES string of the molecule is CCOc1c[c]ccc1C(=O)OC. The van der Waals surface area contributed by atoms with Gasteiger partial charge in [-0.1, -0.05) is 6.07 Å². The predicted octanol–water partition coefficient (Wildman–Crippen LogP) is 1.67. The van der Waals surface area contributed by atoms with E-state index >= 15 is 0 Å². The zero-order valence-corrected chi connectivity index (χ0v) is 7.66. The van der Waals surface area contributed by atoms with Crippen molar-refractivity contribution in [3.05, 3.63) is 29.8 Å². The highest BCUT2D eigenvalue weighted by atomic mass is 16.5. The summed E-state index contributed by atoms with van der Waals surface area (Å²) in [7, 11) is 1.34. The first-order chi connectivity index (χ1) is 6.29. The number of hydrogen-bond acceptors (Lipinski definition) is 3. The van der Waals surface area contributed by atoms with Gasteiger partial charge in [-0.15, -0.1) is 0 Å². The number of rotatable bonds is 3. The van der Waals surface area contributed by atoms with E-state index in [1.54, 1.807) is 18.2 Å². The highest BCUT2D eigenvalue weighted by Gasteiger charge is 2.10. The number of hydrogen-bond donors (Lipinski definition) is 0. The number of carbonyl (C=O) groups excluding carboxylic acids is 1. The fourth-order valence-corrected chi connectivity index (χ4v) is 0.969. The van der Waals surface area contributed by atoms with E-state index in [9.17, 15) is 4.79 Å². The maximum absolute atomic E-state index is 11.2. The van der Waals surface area contributed by atoms with E-state index < -0.39 is 5.97 Å². The number of ether oxygens (including phenoxy) is 2. The Bertz CT molecular complexity index is 294. The van der Waals surface area contributed by atoms with Crippen LogP contribution in [0.1, 0.15) is 17.3 Å². The molecule has 13 heavy (non-hydrogen) atoms. The highest BCUT2D eigenvalue weighted by molar-refractivity contribution is 5.92. The van der Waals surface area contributed by atoms with Gasteiger partial charge in [0.25, 0.3) is 0 Å². The number of benzene rings is 1. The summed E-state index contributed by atoms with van der Waals surface area (Å²) >= 11 is 0. The molecule has 0 N–H and O–H groups in total. The largest absolute Gasteiger partial charge is 0.493 e. The second kappa shape index (κ2) is 4.50. The average Bonchev–Trinajstić information content (AvgIpc) is 2.18. The molecule has 0 unspecified atom stereocenters. The molecular weight excluding hydrogens is 168 g/mol. The summed E-state index contributed by atoms with van der Waals surface area (Å²) in [6, 6.07) is 7.72. The van der Waals surface area contributed by atoms with E-state index in [-0.39, 0.29) is 0 Å². The first kappa shape index (κ1) is 9.58. The van der Waals surface area contributed by atoms with Gasteiger partial charge in [0.15, 0.2) is 0 Å². The molecule has 1 aromatic carbocycles. The van der Waals surface area contributed by atoms with E-state index in [0.29, 0.717) is 17.9 Å². The second-order valence-corrected chi connectivity index (χ2v) is 2.35. The first-order valence-corrected chi connectivity index (χ1v) is 4.00. The molecule has 0 heterocycles. The van der Waals surface area contributed by atoms with Crippen LogP contribution in [0.25, 0.3) is 0 Å². The van der Waals surface area contributed by atoms with Crippen LogP contribution in [0, 0.1) is 6.07 Å². The molecule has 0 aliphatic carbocycles. The lowest BCUT2D eigenvalue weighted by Gasteiger charge is -2.06. The fraction of sp³-hybridized carbons (Fsp3) is 0.300. The monoisotopic (exact) mass is 179 g/mol. The first-order valence-electron chi connectivity index (χ1n) is 4.00. The molecular formula is C10H11O3. The maximum Gasteiger partial charge on any atom is 0.341 e. The Morgan fingerprint density at radius 3 is 3.00 bits per heavy atom. The summed E-state index contributed by atoms with van der Waals surface area (Å²) in [5, 5.41) is 0. The average molecular weight is 179 g/mol. The van der Waals surface area contributed by atoms with Gasteiger partial charge in [0.05, 0.1) is 13.7 Å². The van der Waals surface area contributed by atoms with Crippen molar-refractivity contribution >= 4 is 5.97 Å². The Kier molecular flexibility index (Phi) is 3.31. The molecule has 1 rings (SSSR count). The van der Waals surface area contributed by atoms with E-state index in [4.69, 9.17) is 4.74 Å². The van der Waals surface area contributed by atoms with Crippen molar-refractivity contribution in [2.24, 2.45) is 0 Å². The van der Waals surface area contributed by atoms with E-state index in [1.807, 2.05) is 6.92 Å². The molecule has 3 nitrogen and oxygen atoms in total. The molecule has 0 aliphatic heterocycles. The van der Waals surface area contributed by atoms with Crippen LogP contribution in [0.15, 0.2) is 18.2 Å². The van der Waals surface area contributed by atoms with Crippen molar-refractivity contribution in [2.75, 3.05) is 13.7 Å². The third-order valence-corrected chi connectivity index (χ3v) is 1.53. The summed E-state index contributed by atoms with van der Waals surface area (Å²) in [5.74, 6) is 0.120. The van der Waals surface area contributed by atoms with E-state index in [2.05, 4.69) is 10.8 Å². The van der Waals surface area contributed by atoms with Gasteiger partial charge in [-0.25, -0.2) is 4.79 Å². The molecule has 69 valence electrons. The molecule has 0 bridgehead atoms. The van der Waals surface area contributed by atoms with E-state index in [1.165, 1.54) is 7.11 Å². The Balaban J connectivity index is 2.97. The Morgan fingerprint density at radius 2 is 2.38 bits per heavy atom. The van der Waals surface area contributed by atoms with Gasteiger partial charge in [0, 0.05) is 0 Å². The molecule has 0 atom stereocenters. The highest BCUT2D eigenvalue weighted by Crippen LogP contribution is 2.17. The topological polar surface area (TPSA) is 35.5 Å². The van der Waals surface area contributed by atoms with Crippen molar-refractivity contribution in [2.45, 2.75) is 6.92 Å². The van der Waals surface area contributed by atoms with Gasteiger partial charge < -0.3 is 9.47 Å². The number of carbonyl (C=O) groups is 1. The third kappa shape index (κ3) is 2.21. The number of esters is 1. The van der Waals surface area contributed by atoms with Gasteiger partial charge in [-0.2, -0.15) is 0 Å². The lowest BCUT2D eigenvalue weighted by atomic mass is 10.2. The fourth-order valence-electron chi connectivity index (χ4n) is 0.969. The molecule has 1 radical (unpaired) electrons. The summed E-state index contributed by atoms with van der Waals surface area (Å²) in [6.07, 6.45) is 0. The van der Waals surface area contributed by atoms with Gasteiger partial charge in [-0.3, -0.25) is 0 Å². The van der Waals surface area contributed by atoms with Crippen LogP contribution in [0.5, 0.6) is 5.75 Å². The van der Waals surface area contributed by atoms with Crippen LogP contribution in [0.4, 0.5) is 0 Å². The van der Waals surface area contributed by atoms with Crippen molar-refractivity contribution < 1.29 is 14.3 Å².